The summed E-state index contributed by atoms with van der Waals surface area (Å²) >= 11 is 0. The Morgan fingerprint density at radius 2 is 2.17 bits per heavy atom. The summed E-state index contributed by atoms with van der Waals surface area (Å²) in [6, 6.07) is 0. The van der Waals surface area contributed by atoms with Crippen molar-refractivity contribution in [3.63, 3.8) is 0 Å². The summed E-state index contributed by atoms with van der Waals surface area (Å²) in [5, 5.41) is 14.1. The number of hydrogen-bond acceptors (Lipinski definition) is 4. The van der Waals surface area contributed by atoms with E-state index in [2.05, 4.69) is 5.32 Å². The second-order valence-electron chi connectivity index (χ2n) is 1.65. The van der Waals surface area contributed by atoms with Crippen LogP contribution in [0.15, 0.2) is 11.9 Å². The van der Waals surface area contributed by atoms with E-state index in [0.29, 0.717) is 6.20 Å². The van der Waals surface area contributed by atoms with Gasteiger partial charge in [0.05, 0.1) is 11.1 Å². The number of likely N-dealkylation sites (N-methyl/N-ethyl adjacent to an activating group) is 1. The first-order chi connectivity index (χ1) is 5.63. The first-order valence-corrected chi connectivity index (χ1v) is 2.89. The van der Waals surface area contributed by atoms with Gasteiger partial charge in [0.2, 0.25) is 6.41 Å². The molecule has 0 spiro atoms. The minimum Gasteiger partial charge on any atom is -0.350 e. The number of nitrogens with one attached hydrogen (secondary N) is 2. The average Bonchev–Trinajstić information content (AvgIpc) is 2.04. The van der Waals surface area contributed by atoms with Gasteiger partial charge in [0.1, 0.15) is 0 Å². The quantitative estimate of drug-likeness (QED) is 0.236. The summed E-state index contributed by atoms with van der Waals surface area (Å²) in [5.41, 5.74) is -0.718. The van der Waals surface area contributed by atoms with E-state index in [1.165, 1.54) is 7.05 Å². The number of rotatable bonds is 4. The van der Waals surface area contributed by atoms with Crippen LogP contribution in [0.3, 0.4) is 0 Å². The van der Waals surface area contributed by atoms with E-state index < -0.39 is 16.5 Å². The SMILES string of the molecule is CNC(=O)/C(=C\NC=O)[N+](=O)[O-]. The third-order valence-corrected chi connectivity index (χ3v) is 0.944. The van der Waals surface area contributed by atoms with Crippen molar-refractivity contribution in [2.45, 2.75) is 0 Å². The van der Waals surface area contributed by atoms with Gasteiger partial charge < -0.3 is 10.6 Å². The highest BCUT2D eigenvalue weighted by Gasteiger charge is 2.19. The number of nitrogens with zero attached hydrogens (tertiary/aromatic N) is 1. The summed E-state index contributed by atoms with van der Waals surface area (Å²) < 4.78 is 0. The first kappa shape index (κ1) is 10.1. The van der Waals surface area contributed by atoms with E-state index in [4.69, 9.17) is 0 Å². The lowest BCUT2D eigenvalue weighted by Gasteiger charge is -1.94. The highest BCUT2D eigenvalue weighted by Crippen LogP contribution is 1.92. The van der Waals surface area contributed by atoms with E-state index in [9.17, 15) is 19.7 Å². The van der Waals surface area contributed by atoms with Crippen molar-refractivity contribution in [1.29, 1.82) is 0 Å². The summed E-state index contributed by atoms with van der Waals surface area (Å²) in [6.45, 7) is 0. The molecule has 0 aromatic heterocycles. The van der Waals surface area contributed by atoms with Crippen LogP contribution in [0.1, 0.15) is 0 Å². The molecule has 7 nitrogen and oxygen atoms in total. The normalized spacial score (nSPS) is 10.2. The second kappa shape index (κ2) is 4.83. The Morgan fingerprint density at radius 3 is 2.50 bits per heavy atom. The van der Waals surface area contributed by atoms with Gasteiger partial charge in [-0.15, -0.1) is 0 Å². The summed E-state index contributed by atoms with van der Waals surface area (Å²) in [7, 11) is 1.25. The molecule has 0 saturated heterocycles. The van der Waals surface area contributed by atoms with Crippen molar-refractivity contribution in [3.05, 3.63) is 22.0 Å². The van der Waals surface area contributed by atoms with Crippen LogP contribution in [0, 0.1) is 10.1 Å². The highest BCUT2D eigenvalue weighted by atomic mass is 16.6. The van der Waals surface area contributed by atoms with E-state index in [1.807, 2.05) is 5.32 Å². The zero-order chi connectivity index (χ0) is 9.56. The van der Waals surface area contributed by atoms with Crippen LogP contribution in [-0.2, 0) is 9.59 Å². The smallest absolute Gasteiger partial charge is 0.349 e. The molecule has 2 amide bonds. The molecule has 0 radical (unpaired) electrons. The summed E-state index contributed by atoms with van der Waals surface area (Å²) in [6.07, 6.45) is 0.943. The molecule has 0 aliphatic carbocycles. The van der Waals surface area contributed by atoms with Gasteiger partial charge in [0.25, 0.3) is 0 Å². The first-order valence-electron chi connectivity index (χ1n) is 2.89. The fourth-order valence-electron chi connectivity index (χ4n) is 0.442. The zero-order valence-electron chi connectivity index (χ0n) is 6.23. The molecule has 0 heterocycles. The van der Waals surface area contributed by atoms with E-state index >= 15 is 0 Å². The lowest BCUT2D eigenvalue weighted by Crippen LogP contribution is -2.25. The number of carbonyl (C=O) groups is 2. The van der Waals surface area contributed by atoms with Crippen LogP contribution < -0.4 is 10.6 Å². The molecule has 0 aromatic rings. The molecule has 7 heteroatoms. The average molecular weight is 173 g/mol. The number of hydrogen-bond donors (Lipinski definition) is 2. The molecule has 66 valence electrons. The maximum atomic E-state index is 10.7. The van der Waals surface area contributed by atoms with Gasteiger partial charge in [-0.2, -0.15) is 0 Å². The molecule has 12 heavy (non-hydrogen) atoms. The molecule has 0 saturated carbocycles. The Labute approximate surface area is 67.6 Å². The molecule has 0 aliphatic heterocycles. The monoisotopic (exact) mass is 173 g/mol. The molecule has 0 unspecified atom stereocenters. The molecule has 2 N–H and O–H groups in total. The standard InChI is InChI=1S/C5H7N3O4/c1-6-5(10)4(8(11)12)2-7-3-9/h2-3H,1H3,(H,6,10)(H,7,9)/b4-2+. The predicted octanol–water partition coefficient (Wildman–Crippen LogP) is -1.40. The van der Waals surface area contributed by atoms with Crippen LogP contribution in [0.5, 0.6) is 0 Å². The van der Waals surface area contributed by atoms with Crippen molar-refractivity contribution in [2.24, 2.45) is 0 Å². The second-order valence-corrected chi connectivity index (χ2v) is 1.65. The molecular weight excluding hydrogens is 166 g/mol. The van der Waals surface area contributed by atoms with Crippen molar-refractivity contribution in [1.82, 2.24) is 10.6 Å². The van der Waals surface area contributed by atoms with Crippen molar-refractivity contribution in [3.8, 4) is 0 Å². The Hall–Kier alpha value is -1.92. The molecule has 0 atom stereocenters. The van der Waals surface area contributed by atoms with Gasteiger partial charge in [-0.3, -0.25) is 19.7 Å². The van der Waals surface area contributed by atoms with E-state index in [-0.39, 0.29) is 6.41 Å². The van der Waals surface area contributed by atoms with Crippen molar-refractivity contribution >= 4 is 12.3 Å². The van der Waals surface area contributed by atoms with Gasteiger partial charge in [0, 0.05) is 7.05 Å². The van der Waals surface area contributed by atoms with Crippen LogP contribution in [-0.4, -0.2) is 24.3 Å². The van der Waals surface area contributed by atoms with Crippen molar-refractivity contribution in [2.75, 3.05) is 7.05 Å². The highest BCUT2D eigenvalue weighted by molar-refractivity contribution is 5.90. The molecule has 0 bridgehead atoms. The van der Waals surface area contributed by atoms with E-state index in [1.54, 1.807) is 0 Å². The number of amides is 2. The maximum absolute atomic E-state index is 10.7. The fraction of sp³-hybridized carbons (Fsp3) is 0.200. The van der Waals surface area contributed by atoms with Crippen LogP contribution >= 0.6 is 0 Å². The third-order valence-electron chi connectivity index (χ3n) is 0.944. The predicted molar refractivity (Wildman–Crippen MR) is 38.3 cm³/mol. The number of carbonyl (C=O) groups excluding carboxylic acids is 2. The van der Waals surface area contributed by atoms with Gasteiger partial charge in [0.15, 0.2) is 0 Å². The molecule has 0 aromatic carbocycles. The molecule has 0 rings (SSSR count). The van der Waals surface area contributed by atoms with Crippen LogP contribution in [0.4, 0.5) is 0 Å². The third kappa shape index (κ3) is 2.78. The lowest BCUT2D eigenvalue weighted by atomic mass is 10.4. The van der Waals surface area contributed by atoms with Gasteiger partial charge in [-0.1, -0.05) is 0 Å². The van der Waals surface area contributed by atoms with Gasteiger partial charge in [-0.05, 0) is 0 Å². The minimum atomic E-state index is -0.894. The topological polar surface area (TPSA) is 101 Å². The summed E-state index contributed by atoms with van der Waals surface area (Å²) in [5.74, 6) is -0.866. The fourth-order valence-corrected chi connectivity index (χ4v) is 0.442. The minimum absolute atomic E-state index is 0.229. The lowest BCUT2D eigenvalue weighted by molar-refractivity contribution is -0.419. The maximum Gasteiger partial charge on any atom is 0.349 e. The van der Waals surface area contributed by atoms with Crippen molar-refractivity contribution < 1.29 is 14.5 Å². The Morgan fingerprint density at radius 1 is 1.58 bits per heavy atom. The van der Waals surface area contributed by atoms with Crippen LogP contribution in [0.25, 0.3) is 0 Å². The number of nitro groups is 1. The molecule has 0 fully saturated rings. The Bertz CT molecular complexity index is 235. The largest absolute Gasteiger partial charge is 0.350 e. The van der Waals surface area contributed by atoms with Gasteiger partial charge in [-0.25, -0.2) is 0 Å². The van der Waals surface area contributed by atoms with Crippen LogP contribution in [0.2, 0.25) is 0 Å². The molecular formula is C5H7N3O4. The van der Waals surface area contributed by atoms with Gasteiger partial charge >= 0.3 is 11.6 Å². The van der Waals surface area contributed by atoms with E-state index in [0.717, 1.165) is 0 Å². The molecule has 0 aliphatic rings. The Balaban J connectivity index is 4.53. The zero-order valence-corrected chi connectivity index (χ0v) is 6.23. The summed E-state index contributed by atoms with van der Waals surface area (Å²) in [4.78, 5) is 29.6. The Kier molecular flexibility index (Phi) is 4.06.